The molecule has 0 bridgehead atoms. The second kappa shape index (κ2) is 5.38. The molecule has 0 radical (unpaired) electrons. The molecule has 3 heteroatoms. The summed E-state index contributed by atoms with van der Waals surface area (Å²) in [6, 6.07) is 0. The zero-order valence-corrected chi connectivity index (χ0v) is 8.48. The molecule has 0 spiro atoms. The van der Waals surface area contributed by atoms with E-state index in [1.165, 1.54) is 0 Å². The minimum Gasteiger partial charge on any atom is -0.291 e. The van der Waals surface area contributed by atoms with Gasteiger partial charge in [0.05, 0.1) is 5.38 Å². The summed E-state index contributed by atoms with van der Waals surface area (Å²) in [4.78, 5) is 22.5. The quantitative estimate of drug-likeness (QED) is 0.447. The van der Waals surface area contributed by atoms with Crippen LogP contribution in [0.1, 0.15) is 44.9 Å². The van der Waals surface area contributed by atoms with Crippen LogP contribution < -0.4 is 0 Å². The Morgan fingerprint density at radius 1 is 1.00 bits per heavy atom. The van der Waals surface area contributed by atoms with Crippen molar-refractivity contribution in [1.29, 1.82) is 0 Å². The van der Waals surface area contributed by atoms with Gasteiger partial charge in [-0.3, -0.25) is 9.59 Å². The minimum atomic E-state index is -0.564. The third-order valence-electron chi connectivity index (χ3n) is 2.42. The van der Waals surface area contributed by atoms with Crippen LogP contribution in [0.2, 0.25) is 0 Å². The Morgan fingerprint density at radius 3 is 2.38 bits per heavy atom. The van der Waals surface area contributed by atoms with Crippen LogP contribution in [0.5, 0.6) is 0 Å². The zero-order valence-electron chi connectivity index (χ0n) is 7.72. The normalized spacial score (nSPS) is 27.3. The lowest BCUT2D eigenvalue weighted by Crippen LogP contribution is -2.24. The Labute approximate surface area is 83.6 Å². The second-order valence-electron chi connectivity index (χ2n) is 3.56. The van der Waals surface area contributed by atoms with Crippen molar-refractivity contribution in [1.82, 2.24) is 0 Å². The Bertz CT molecular complexity index is 201. The van der Waals surface area contributed by atoms with Gasteiger partial charge < -0.3 is 0 Å². The monoisotopic (exact) mass is 202 g/mol. The molecule has 1 rings (SSSR count). The van der Waals surface area contributed by atoms with E-state index < -0.39 is 5.38 Å². The van der Waals surface area contributed by atoms with Crippen molar-refractivity contribution in [2.24, 2.45) is 0 Å². The lowest BCUT2D eigenvalue weighted by atomic mass is 9.99. The fourth-order valence-electron chi connectivity index (χ4n) is 1.57. The maximum atomic E-state index is 11.3. The maximum Gasteiger partial charge on any atom is 0.216 e. The molecular weight excluding hydrogens is 188 g/mol. The molecule has 1 unspecified atom stereocenters. The first kappa shape index (κ1) is 10.7. The number of Topliss-reactive ketones (excluding diaryl/α,β-unsaturated/α-hetero) is 2. The van der Waals surface area contributed by atoms with E-state index in [1.807, 2.05) is 0 Å². The van der Waals surface area contributed by atoms with Crippen molar-refractivity contribution in [3.63, 3.8) is 0 Å². The van der Waals surface area contributed by atoms with Gasteiger partial charge in [0.1, 0.15) is 0 Å². The average Bonchev–Trinajstić information content (AvgIpc) is 2.13. The van der Waals surface area contributed by atoms with Gasteiger partial charge in [-0.2, -0.15) is 0 Å². The molecule has 0 aromatic rings. The predicted octanol–water partition coefficient (Wildman–Crippen LogP) is 2.48. The van der Waals surface area contributed by atoms with Gasteiger partial charge in [-0.1, -0.05) is 25.7 Å². The first-order valence-electron chi connectivity index (χ1n) is 4.93. The summed E-state index contributed by atoms with van der Waals surface area (Å²) in [5.74, 6) is -0.648. The fourth-order valence-corrected chi connectivity index (χ4v) is 1.84. The van der Waals surface area contributed by atoms with E-state index in [0.29, 0.717) is 12.8 Å². The molecule has 74 valence electrons. The van der Waals surface area contributed by atoms with Crippen LogP contribution >= 0.6 is 11.6 Å². The SMILES string of the molecule is O=C1CCCCCCCC(Cl)C1=O. The Hall–Kier alpha value is -0.370. The number of hydrogen-bond acceptors (Lipinski definition) is 2. The molecule has 0 heterocycles. The summed E-state index contributed by atoms with van der Waals surface area (Å²) in [6.45, 7) is 0. The molecular formula is C10H15ClO2. The van der Waals surface area contributed by atoms with E-state index in [2.05, 4.69) is 0 Å². The van der Waals surface area contributed by atoms with Crippen LogP contribution in [0.4, 0.5) is 0 Å². The second-order valence-corrected chi connectivity index (χ2v) is 4.09. The largest absolute Gasteiger partial charge is 0.291 e. The van der Waals surface area contributed by atoms with Crippen molar-refractivity contribution >= 4 is 23.2 Å². The molecule has 1 atom stereocenters. The molecule has 2 nitrogen and oxygen atoms in total. The molecule has 0 aromatic carbocycles. The highest BCUT2D eigenvalue weighted by molar-refractivity contribution is 6.49. The summed E-state index contributed by atoms with van der Waals surface area (Å²) < 4.78 is 0. The lowest BCUT2D eigenvalue weighted by molar-refractivity contribution is -0.136. The summed E-state index contributed by atoms with van der Waals surface area (Å²) in [5.41, 5.74) is 0. The van der Waals surface area contributed by atoms with Gasteiger partial charge in [0.15, 0.2) is 5.78 Å². The summed E-state index contributed by atoms with van der Waals surface area (Å²) in [6.07, 6.45) is 6.21. The van der Waals surface area contributed by atoms with Crippen LogP contribution in [-0.2, 0) is 9.59 Å². The molecule has 0 N–H and O–H groups in total. The molecule has 1 saturated carbocycles. The molecule has 0 amide bonds. The zero-order chi connectivity index (χ0) is 9.68. The third kappa shape index (κ3) is 3.47. The van der Waals surface area contributed by atoms with Crippen molar-refractivity contribution < 1.29 is 9.59 Å². The molecule has 0 aromatic heterocycles. The molecule has 1 aliphatic rings. The average molecular weight is 203 g/mol. The lowest BCUT2D eigenvalue weighted by Gasteiger charge is -2.09. The summed E-state index contributed by atoms with van der Waals surface area (Å²) >= 11 is 5.79. The van der Waals surface area contributed by atoms with E-state index in [1.54, 1.807) is 0 Å². The van der Waals surface area contributed by atoms with Gasteiger partial charge in [0.25, 0.3) is 0 Å². The van der Waals surface area contributed by atoms with Crippen LogP contribution in [0.15, 0.2) is 0 Å². The van der Waals surface area contributed by atoms with E-state index in [4.69, 9.17) is 11.6 Å². The number of alkyl halides is 1. The Kier molecular flexibility index (Phi) is 4.43. The Morgan fingerprint density at radius 2 is 1.62 bits per heavy atom. The summed E-state index contributed by atoms with van der Waals surface area (Å²) in [5, 5.41) is -0.564. The standard InChI is InChI=1S/C10H15ClO2/c11-8-6-4-2-1-3-5-7-9(12)10(8)13/h8H,1-7H2. The van der Waals surface area contributed by atoms with Crippen molar-refractivity contribution in [2.45, 2.75) is 50.3 Å². The van der Waals surface area contributed by atoms with Crippen LogP contribution in [0.25, 0.3) is 0 Å². The number of rotatable bonds is 0. The van der Waals surface area contributed by atoms with Crippen LogP contribution in [-0.4, -0.2) is 16.9 Å². The van der Waals surface area contributed by atoms with Gasteiger partial charge in [0.2, 0.25) is 5.78 Å². The van der Waals surface area contributed by atoms with Crippen LogP contribution in [0.3, 0.4) is 0 Å². The van der Waals surface area contributed by atoms with Gasteiger partial charge in [-0.15, -0.1) is 11.6 Å². The van der Waals surface area contributed by atoms with Crippen molar-refractivity contribution in [3.05, 3.63) is 0 Å². The minimum absolute atomic E-state index is 0.276. The van der Waals surface area contributed by atoms with Gasteiger partial charge >= 0.3 is 0 Å². The van der Waals surface area contributed by atoms with Crippen LogP contribution in [0, 0.1) is 0 Å². The van der Waals surface area contributed by atoms with E-state index in [-0.39, 0.29) is 11.6 Å². The summed E-state index contributed by atoms with van der Waals surface area (Å²) in [7, 11) is 0. The number of carbonyl (C=O) groups excluding carboxylic acids is 2. The molecule has 0 saturated heterocycles. The maximum absolute atomic E-state index is 11.3. The van der Waals surface area contributed by atoms with Gasteiger partial charge in [-0.25, -0.2) is 0 Å². The van der Waals surface area contributed by atoms with Gasteiger partial charge in [-0.05, 0) is 12.8 Å². The first-order chi connectivity index (χ1) is 6.22. The number of ketones is 2. The molecule has 1 fully saturated rings. The fraction of sp³-hybridized carbons (Fsp3) is 0.800. The first-order valence-corrected chi connectivity index (χ1v) is 5.36. The number of carbonyl (C=O) groups is 2. The number of halogens is 1. The van der Waals surface area contributed by atoms with E-state index >= 15 is 0 Å². The van der Waals surface area contributed by atoms with Gasteiger partial charge in [0, 0.05) is 6.42 Å². The number of hydrogen-bond donors (Lipinski definition) is 0. The van der Waals surface area contributed by atoms with E-state index in [9.17, 15) is 9.59 Å². The molecule has 13 heavy (non-hydrogen) atoms. The Balaban J connectivity index is 2.50. The predicted molar refractivity (Wildman–Crippen MR) is 52.0 cm³/mol. The molecule has 1 aliphatic carbocycles. The molecule has 0 aliphatic heterocycles. The highest BCUT2D eigenvalue weighted by atomic mass is 35.5. The highest BCUT2D eigenvalue weighted by Gasteiger charge is 2.22. The highest BCUT2D eigenvalue weighted by Crippen LogP contribution is 2.16. The van der Waals surface area contributed by atoms with Crippen molar-refractivity contribution in [3.8, 4) is 0 Å². The topological polar surface area (TPSA) is 34.1 Å². The van der Waals surface area contributed by atoms with E-state index in [0.717, 1.165) is 32.1 Å². The van der Waals surface area contributed by atoms with Crippen molar-refractivity contribution in [2.75, 3.05) is 0 Å². The smallest absolute Gasteiger partial charge is 0.216 e. The third-order valence-corrected chi connectivity index (χ3v) is 2.84.